The topological polar surface area (TPSA) is 12.5 Å². The van der Waals surface area contributed by atoms with E-state index in [0.29, 0.717) is 6.61 Å². The van der Waals surface area contributed by atoms with E-state index in [9.17, 15) is 4.39 Å². The van der Waals surface area contributed by atoms with Crippen molar-refractivity contribution < 1.29 is 9.13 Å². The lowest BCUT2D eigenvalue weighted by Gasteiger charge is -2.26. The Balaban J connectivity index is 1.54. The summed E-state index contributed by atoms with van der Waals surface area (Å²) in [4.78, 5) is 2.51. The van der Waals surface area contributed by atoms with Crippen molar-refractivity contribution in [3.8, 4) is 5.75 Å². The highest BCUT2D eigenvalue weighted by molar-refractivity contribution is 5.21. The third-order valence-corrected chi connectivity index (χ3v) is 3.25. The molecule has 1 radical (unpaired) electrons. The largest absolute Gasteiger partial charge is 0.494 e. The van der Waals surface area contributed by atoms with Crippen LogP contribution in [0.2, 0.25) is 0 Å². The van der Waals surface area contributed by atoms with Crippen LogP contribution in [-0.4, -0.2) is 31.1 Å². The van der Waals surface area contributed by atoms with Gasteiger partial charge in [0.25, 0.3) is 0 Å². The first-order valence-corrected chi connectivity index (χ1v) is 6.77. The van der Waals surface area contributed by atoms with Crippen LogP contribution in [0.3, 0.4) is 0 Å². The Morgan fingerprint density at radius 2 is 1.78 bits per heavy atom. The van der Waals surface area contributed by atoms with Gasteiger partial charge in [0.1, 0.15) is 11.6 Å². The summed E-state index contributed by atoms with van der Waals surface area (Å²) in [5.41, 5.74) is 0. The average Bonchev–Trinajstić information content (AvgIpc) is 2.42. The summed E-state index contributed by atoms with van der Waals surface area (Å²) in [6.07, 6.45) is 7.05. The van der Waals surface area contributed by atoms with Gasteiger partial charge in [0.2, 0.25) is 0 Å². The van der Waals surface area contributed by atoms with Crippen molar-refractivity contribution in [3.63, 3.8) is 0 Å². The molecule has 0 bridgehead atoms. The van der Waals surface area contributed by atoms with Gasteiger partial charge >= 0.3 is 0 Å². The Morgan fingerprint density at radius 1 is 1.06 bits per heavy atom. The summed E-state index contributed by atoms with van der Waals surface area (Å²) in [6, 6.07) is 6.21. The zero-order valence-corrected chi connectivity index (χ0v) is 10.8. The summed E-state index contributed by atoms with van der Waals surface area (Å²) in [7, 11) is 0. The molecule has 3 heteroatoms. The van der Waals surface area contributed by atoms with Crippen LogP contribution >= 0.6 is 0 Å². The van der Waals surface area contributed by atoms with E-state index in [1.165, 1.54) is 51.0 Å². The summed E-state index contributed by atoms with van der Waals surface area (Å²) in [5.74, 6) is 0.535. The predicted molar refractivity (Wildman–Crippen MR) is 71.1 cm³/mol. The van der Waals surface area contributed by atoms with E-state index in [0.717, 1.165) is 12.2 Å². The van der Waals surface area contributed by atoms with Crippen molar-refractivity contribution in [3.05, 3.63) is 36.5 Å². The maximum atomic E-state index is 12.7. The van der Waals surface area contributed by atoms with Crippen LogP contribution in [0.4, 0.5) is 4.39 Å². The summed E-state index contributed by atoms with van der Waals surface area (Å²) >= 11 is 0. The second-order valence-electron chi connectivity index (χ2n) is 4.72. The zero-order chi connectivity index (χ0) is 12.6. The van der Waals surface area contributed by atoms with Gasteiger partial charge in [-0.3, -0.25) is 0 Å². The number of unbranched alkanes of at least 4 members (excludes halogenated alkanes) is 1. The van der Waals surface area contributed by atoms with Gasteiger partial charge in [0, 0.05) is 0 Å². The fourth-order valence-corrected chi connectivity index (χ4v) is 2.19. The van der Waals surface area contributed by atoms with Gasteiger partial charge in [-0.25, -0.2) is 4.39 Å². The molecule has 0 aliphatic carbocycles. The highest BCUT2D eigenvalue weighted by atomic mass is 19.1. The number of nitrogens with zero attached hydrogens (tertiary/aromatic N) is 1. The third kappa shape index (κ3) is 4.65. The smallest absolute Gasteiger partial charge is 0.123 e. The number of hydrogen-bond donors (Lipinski definition) is 0. The van der Waals surface area contributed by atoms with E-state index in [4.69, 9.17) is 4.74 Å². The number of benzene rings is 1. The quantitative estimate of drug-likeness (QED) is 0.718. The van der Waals surface area contributed by atoms with Crippen LogP contribution in [0.15, 0.2) is 24.3 Å². The molecule has 0 atom stereocenters. The molecular weight excluding hydrogens is 229 g/mol. The van der Waals surface area contributed by atoms with Crippen LogP contribution in [0, 0.1) is 12.2 Å². The molecule has 1 aliphatic heterocycles. The monoisotopic (exact) mass is 250 g/mol. The summed E-state index contributed by atoms with van der Waals surface area (Å²) in [5, 5.41) is 0. The Morgan fingerprint density at radius 3 is 2.50 bits per heavy atom. The Bertz CT molecular complexity index is 333. The van der Waals surface area contributed by atoms with Crippen LogP contribution in [-0.2, 0) is 0 Å². The molecule has 1 heterocycles. The number of rotatable bonds is 6. The van der Waals surface area contributed by atoms with Crippen LogP contribution in [0.1, 0.15) is 25.7 Å². The molecule has 1 aromatic carbocycles. The number of ether oxygens (including phenoxy) is 1. The van der Waals surface area contributed by atoms with Crippen molar-refractivity contribution in [2.45, 2.75) is 25.7 Å². The third-order valence-electron chi connectivity index (χ3n) is 3.25. The normalized spacial score (nSPS) is 16.7. The van der Waals surface area contributed by atoms with Crippen molar-refractivity contribution in [2.75, 3.05) is 26.2 Å². The van der Waals surface area contributed by atoms with Crippen LogP contribution in [0.25, 0.3) is 0 Å². The summed E-state index contributed by atoms with van der Waals surface area (Å²) < 4.78 is 18.2. The predicted octanol–water partition coefficient (Wildman–Crippen LogP) is 3.28. The maximum Gasteiger partial charge on any atom is 0.123 e. The molecule has 18 heavy (non-hydrogen) atoms. The van der Waals surface area contributed by atoms with Crippen molar-refractivity contribution in [1.29, 1.82) is 0 Å². The molecule has 0 N–H and O–H groups in total. The maximum absolute atomic E-state index is 12.7. The minimum absolute atomic E-state index is 0.218. The first-order valence-electron chi connectivity index (χ1n) is 6.77. The van der Waals surface area contributed by atoms with Gasteiger partial charge in [0.05, 0.1) is 6.61 Å². The van der Waals surface area contributed by atoms with Gasteiger partial charge in [-0.05, 0) is 76.0 Å². The lowest BCUT2D eigenvalue weighted by molar-refractivity contribution is 0.235. The molecule has 2 rings (SSSR count). The van der Waals surface area contributed by atoms with Crippen LogP contribution in [0.5, 0.6) is 5.75 Å². The summed E-state index contributed by atoms with van der Waals surface area (Å²) in [6.45, 7) is 4.30. The van der Waals surface area contributed by atoms with E-state index in [-0.39, 0.29) is 5.82 Å². The molecule has 99 valence electrons. The second kappa shape index (κ2) is 7.37. The van der Waals surface area contributed by atoms with E-state index in [2.05, 4.69) is 11.3 Å². The highest BCUT2D eigenvalue weighted by Crippen LogP contribution is 2.12. The fraction of sp³-hybridized carbons (Fsp3) is 0.533. The number of likely N-dealkylation sites (tertiary alicyclic amines) is 1. The van der Waals surface area contributed by atoms with Gasteiger partial charge in [-0.15, -0.1) is 0 Å². The standard InChI is InChI=1S/C15H21FNO/c16-14-6-8-15(9-7-14)18-13-5-4-12-17-10-2-1-3-11-17/h1,6-9H,2-5,10-13H2. The van der Waals surface area contributed by atoms with Gasteiger partial charge in [-0.2, -0.15) is 0 Å². The molecule has 1 saturated heterocycles. The molecule has 0 unspecified atom stereocenters. The van der Waals surface area contributed by atoms with E-state index >= 15 is 0 Å². The lowest BCUT2D eigenvalue weighted by Crippen LogP contribution is -2.30. The molecule has 2 nitrogen and oxygen atoms in total. The molecule has 0 spiro atoms. The van der Waals surface area contributed by atoms with Gasteiger partial charge in [0.15, 0.2) is 0 Å². The Labute approximate surface area is 109 Å². The molecule has 0 amide bonds. The fourth-order valence-electron chi connectivity index (χ4n) is 2.19. The van der Waals surface area contributed by atoms with Gasteiger partial charge in [-0.1, -0.05) is 0 Å². The first-order chi connectivity index (χ1) is 8.84. The van der Waals surface area contributed by atoms with Crippen molar-refractivity contribution in [1.82, 2.24) is 4.90 Å². The molecular formula is C15H21FNO. The highest BCUT2D eigenvalue weighted by Gasteiger charge is 2.08. The average molecular weight is 250 g/mol. The Hall–Kier alpha value is -1.09. The van der Waals surface area contributed by atoms with Crippen LogP contribution < -0.4 is 4.74 Å². The van der Waals surface area contributed by atoms with E-state index < -0.39 is 0 Å². The second-order valence-corrected chi connectivity index (χ2v) is 4.72. The first kappa shape index (κ1) is 13.3. The zero-order valence-electron chi connectivity index (χ0n) is 10.8. The number of piperidine rings is 1. The van der Waals surface area contributed by atoms with E-state index in [1.54, 1.807) is 12.1 Å². The molecule has 1 fully saturated rings. The van der Waals surface area contributed by atoms with E-state index in [1.807, 2.05) is 0 Å². The minimum atomic E-state index is -0.218. The Kier molecular flexibility index (Phi) is 5.46. The lowest BCUT2D eigenvalue weighted by atomic mass is 10.1. The van der Waals surface area contributed by atoms with Crippen molar-refractivity contribution in [2.24, 2.45) is 0 Å². The minimum Gasteiger partial charge on any atom is -0.494 e. The molecule has 1 aromatic rings. The van der Waals surface area contributed by atoms with Gasteiger partial charge < -0.3 is 9.64 Å². The van der Waals surface area contributed by atoms with Crippen molar-refractivity contribution >= 4 is 0 Å². The SMILES string of the molecule is Fc1ccc(OCCCCN2CC[CH]CC2)cc1. The molecule has 0 saturated carbocycles. The number of halogens is 1. The molecule has 1 aliphatic rings. The molecule has 0 aromatic heterocycles. The number of hydrogen-bond acceptors (Lipinski definition) is 2.